The van der Waals surface area contributed by atoms with Crippen molar-refractivity contribution in [2.75, 3.05) is 24.0 Å². The number of hydrogen-bond donors (Lipinski definition) is 6. The molecule has 1 aromatic carbocycles. The van der Waals surface area contributed by atoms with Gasteiger partial charge in [0.1, 0.15) is 21.8 Å². The van der Waals surface area contributed by atoms with E-state index >= 15 is 0 Å². The molecule has 6 rings (SSSR count). The lowest BCUT2D eigenvalue weighted by Gasteiger charge is -2.51. The highest BCUT2D eigenvalue weighted by Gasteiger charge is 2.50. The Morgan fingerprint density at radius 3 is 2.61 bits per heavy atom. The number of hydrogen-bond acceptors (Lipinski definition) is 19. The minimum absolute atomic E-state index is 0.00635. The third kappa shape index (κ3) is 7.10. The number of carbonyl (C=O) groups excluding carboxylic acids is 3. The van der Waals surface area contributed by atoms with E-state index in [0.717, 1.165) is 53.1 Å². The number of thiazole rings is 1. The zero-order chi connectivity index (χ0) is 36.8. The number of sulfone groups is 1. The zero-order valence-electron chi connectivity index (χ0n) is 25.8. The first-order valence-electron chi connectivity index (χ1n) is 14.2. The number of nitrogens with zero attached hydrogens (tertiary/aromatic N) is 7. The van der Waals surface area contributed by atoms with Crippen LogP contribution < -0.4 is 16.8 Å². The number of fused-ring (bicyclic) bond motifs is 2. The molecule has 266 valence electrons. The second kappa shape index (κ2) is 13.7. The number of carboxylic acid groups (broad SMARTS) is 1. The lowest BCUT2D eigenvalue weighted by molar-refractivity contribution is -0.136. The van der Waals surface area contributed by atoms with Crippen molar-refractivity contribution in [1.82, 2.24) is 34.8 Å². The number of aromatic hydroxyl groups is 2. The number of carboxylic acids is 1. The molecule has 4 aromatic rings. The SMILES string of the molecule is Cc1cc(SCC2=C(C(=O)O)N3C[C@@H](NC(=O)C(=NOCS(=O)(=O)c4ccc(O)c(O)c4)c4csc(N)n4)[C@H]3SC2=O)n2nc(C(N)=O)nc2n1. The zero-order valence-corrected chi connectivity index (χ0v) is 29.0. The standard InChI is InChI=1S/C27H24N10O10S4/c1-10-4-17(37-27(30-10)33-21(34-37)20(28)40)48-7-12-19(24(42)43)36-6-13(23(36)50-25(12)44)31-22(41)18(14-8-49-26(29)32-14)35-47-9-51(45,46)11-2-3-15(38)16(39)5-11/h2-5,8,13,23,38-39H,6-7,9H2,1H3,(H2,28,40)(H2,29,32)(H,31,41)(H,42,43)/t13-,23-/m1/s1. The topological polar surface area (TPSA) is 308 Å². The molecule has 2 aliphatic heterocycles. The Bertz CT molecular complexity index is 2310. The van der Waals surface area contributed by atoms with E-state index in [0.29, 0.717) is 10.7 Å². The summed E-state index contributed by atoms with van der Waals surface area (Å²) in [7, 11) is -4.21. The molecule has 1 fully saturated rings. The molecule has 0 unspecified atom stereocenters. The highest BCUT2D eigenvalue weighted by atomic mass is 32.2. The largest absolute Gasteiger partial charge is 0.504 e. The summed E-state index contributed by atoms with van der Waals surface area (Å²) in [5.74, 6) is -5.62. The van der Waals surface area contributed by atoms with Crippen LogP contribution in [0.2, 0.25) is 0 Å². The summed E-state index contributed by atoms with van der Waals surface area (Å²) < 4.78 is 26.7. The van der Waals surface area contributed by atoms with Crippen molar-refractivity contribution in [3.63, 3.8) is 0 Å². The Morgan fingerprint density at radius 2 is 1.94 bits per heavy atom. The van der Waals surface area contributed by atoms with E-state index in [-0.39, 0.29) is 50.9 Å². The Hall–Kier alpha value is -5.46. The summed E-state index contributed by atoms with van der Waals surface area (Å²) in [5, 5.41) is 40.2. The van der Waals surface area contributed by atoms with E-state index in [1.165, 1.54) is 14.8 Å². The number of aromatic nitrogens is 5. The Morgan fingerprint density at radius 1 is 1.18 bits per heavy atom. The minimum atomic E-state index is -4.21. The average molecular weight is 777 g/mol. The van der Waals surface area contributed by atoms with Crippen molar-refractivity contribution in [3.8, 4) is 11.5 Å². The minimum Gasteiger partial charge on any atom is -0.504 e. The van der Waals surface area contributed by atoms with Gasteiger partial charge in [-0.1, -0.05) is 16.9 Å². The fourth-order valence-corrected chi connectivity index (χ4v) is 8.63. The number of carbonyl (C=O) groups is 4. The molecule has 8 N–H and O–H groups in total. The molecule has 0 radical (unpaired) electrons. The van der Waals surface area contributed by atoms with Crippen molar-refractivity contribution in [3.05, 3.63) is 58.1 Å². The molecule has 2 atom stereocenters. The molecule has 1 saturated heterocycles. The van der Waals surface area contributed by atoms with E-state index in [9.17, 15) is 42.9 Å². The van der Waals surface area contributed by atoms with Gasteiger partial charge in [-0.05, 0) is 25.1 Å². The second-order valence-corrected chi connectivity index (χ2v) is 15.6. The predicted molar refractivity (Wildman–Crippen MR) is 180 cm³/mol. The molecule has 51 heavy (non-hydrogen) atoms. The van der Waals surface area contributed by atoms with Crippen LogP contribution in [0.3, 0.4) is 0 Å². The first-order valence-corrected chi connectivity index (χ1v) is 18.6. The first kappa shape index (κ1) is 35.4. The van der Waals surface area contributed by atoms with Crippen LogP contribution in [0.1, 0.15) is 22.0 Å². The van der Waals surface area contributed by atoms with Crippen molar-refractivity contribution in [2.24, 2.45) is 10.9 Å². The summed E-state index contributed by atoms with van der Waals surface area (Å²) in [6.45, 7) is 1.67. The number of amides is 2. The molecule has 0 spiro atoms. The van der Waals surface area contributed by atoms with Gasteiger partial charge in [0.15, 0.2) is 22.3 Å². The van der Waals surface area contributed by atoms with Gasteiger partial charge in [0.05, 0.1) is 10.9 Å². The van der Waals surface area contributed by atoms with Gasteiger partial charge in [0, 0.05) is 35.0 Å². The number of aryl methyl sites for hydroxylation is 1. The number of rotatable bonds is 12. The molecule has 0 bridgehead atoms. The van der Waals surface area contributed by atoms with Crippen LogP contribution in [0.5, 0.6) is 11.5 Å². The van der Waals surface area contributed by atoms with Crippen LogP contribution >= 0.6 is 34.9 Å². The molecule has 5 heterocycles. The van der Waals surface area contributed by atoms with Gasteiger partial charge in [-0.15, -0.1) is 28.2 Å². The summed E-state index contributed by atoms with van der Waals surface area (Å²) in [6, 6.07) is 3.70. The number of anilines is 1. The number of aliphatic carboxylic acids is 1. The fraction of sp³-hybridized carbons (Fsp3) is 0.222. The van der Waals surface area contributed by atoms with E-state index in [1.54, 1.807) is 13.0 Å². The van der Waals surface area contributed by atoms with E-state index in [4.69, 9.17) is 16.3 Å². The van der Waals surface area contributed by atoms with Crippen LogP contribution in [0, 0.1) is 6.92 Å². The maximum atomic E-state index is 13.4. The Kier molecular flexibility index (Phi) is 9.49. The molecule has 0 aliphatic carbocycles. The molecular formula is C27H24N10O10S4. The lowest BCUT2D eigenvalue weighted by Crippen LogP contribution is -2.67. The lowest BCUT2D eigenvalue weighted by atomic mass is 10.0. The number of nitrogen functional groups attached to an aromatic ring is 1. The van der Waals surface area contributed by atoms with Crippen LogP contribution in [0.15, 0.2) is 56.0 Å². The highest BCUT2D eigenvalue weighted by Crippen LogP contribution is 2.42. The van der Waals surface area contributed by atoms with E-state index < -0.39 is 67.3 Å². The molecule has 2 aliphatic rings. The molecular weight excluding hydrogens is 753 g/mol. The van der Waals surface area contributed by atoms with Gasteiger partial charge in [-0.25, -0.2) is 23.2 Å². The third-order valence-corrected chi connectivity index (χ3v) is 11.6. The number of primary amides is 1. The van der Waals surface area contributed by atoms with Gasteiger partial charge in [-0.3, -0.25) is 14.4 Å². The second-order valence-electron chi connectivity index (χ2n) is 10.7. The van der Waals surface area contributed by atoms with Crippen LogP contribution in [0.25, 0.3) is 5.78 Å². The Labute approximate surface area is 298 Å². The maximum Gasteiger partial charge on any atom is 0.352 e. The number of phenolic OH excluding ortho intramolecular Hbond substituents is 2. The first-order chi connectivity index (χ1) is 24.1. The number of benzene rings is 1. The molecule has 2 amide bonds. The number of oxime groups is 1. The summed E-state index contributed by atoms with van der Waals surface area (Å²) in [5.41, 5.74) is 10.8. The van der Waals surface area contributed by atoms with Crippen LogP contribution in [-0.2, 0) is 29.1 Å². The van der Waals surface area contributed by atoms with Crippen LogP contribution in [0.4, 0.5) is 5.13 Å². The smallest absolute Gasteiger partial charge is 0.352 e. The fourth-order valence-electron chi connectivity index (χ4n) is 4.87. The van der Waals surface area contributed by atoms with Crippen molar-refractivity contribution in [2.45, 2.75) is 28.3 Å². The number of thioether (sulfide) groups is 2. The summed E-state index contributed by atoms with van der Waals surface area (Å²) in [4.78, 5) is 69.2. The van der Waals surface area contributed by atoms with Gasteiger partial charge >= 0.3 is 5.97 Å². The molecule has 3 aromatic heterocycles. The highest BCUT2D eigenvalue weighted by molar-refractivity contribution is 8.15. The molecule has 0 saturated carbocycles. The molecule has 24 heteroatoms. The number of nitrogens with one attached hydrogen (secondary N) is 1. The van der Waals surface area contributed by atoms with Crippen LogP contribution in [-0.4, -0.2) is 111 Å². The quantitative estimate of drug-likeness (QED) is 0.0353. The van der Waals surface area contributed by atoms with Crippen molar-refractivity contribution in [1.29, 1.82) is 0 Å². The van der Waals surface area contributed by atoms with Crippen molar-refractivity contribution < 1.29 is 47.8 Å². The monoisotopic (exact) mass is 776 g/mol. The summed E-state index contributed by atoms with van der Waals surface area (Å²) in [6.07, 6.45) is 0. The van der Waals surface area contributed by atoms with Gasteiger partial charge in [0.25, 0.3) is 17.6 Å². The number of phenols is 2. The Balaban J connectivity index is 1.18. The maximum absolute atomic E-state index is 13.4. The van der Waals surface area contributed by atoms with Gasteiger partial charge in [-0.2, -0.15) is 9.50 Å². The van der Waals surface area contributed by atoms with Gasteiger partial charge < -0.3 is 41.8 Å². The van der Waals surface area contributed by atoms with E-state index in [1.807, 2.05) is 0 Å². The third-order valence-electron chi connectivity index (χ3n) is 7.25. The average Bonchev–Trinajstić information content (AvgIpc) is 3.69. The normalized spacial score (nSPS) is 17.6. The summed E-state index contributed by atoms with van der Waals surface area (Å²) >= 11 is 2.86. The molecule has 20 nitrogen and oxygen atoms in total. The van der Waals surface area contributed by atoms with Gasteiger partial charge in [0.2, 0.25) is 26.7 Å². The predicted octanol–water partition coefficient (Wildman–Crippen LogP) is -0.335. The number of nitrogens with two attached hydrogens (primary N) is 2. The van der Waals surface area contributed by atoms with Crippen molar-refractivity contribution >= 4 is 84.2 Å². The van der Waals surface area contributed by atoms with E-state index in [2.05, 4.69) is 30.5 Å².